The average Bonchev–Trinajstić information content (AvgIpc) is 2.75. The molecule has 2 atom stereocenters. The fourth-order valence-electron chi connectivity index (χ4n) is 2.26. The lowest BCUT2D eigenvalue weighted by atomic mass is 9.96. The van der Waals surface area contributed by atoms with Crippen molar-refractivity contribution in [1.29, 1.82) is 0 Å². The maximum Gasteiger partial charge on any atom is 0.0495 e. The topological polar surface area (TPSA) is 47.3 Å². The number of nitrogens with two attached hydrogens (primary N) is 1. The van der Waals surface area contributed by atoms with Gasteiger partial charge in [0, 0.05) is 19.3 Å². The monoisotopic (exact) mass is 214 g/mol. The summed E-state index contributed by atoms with van der Waals surface area (Å²) in [6, 6.07) is 0.494. The molecule has 1 aliphatic rings. The molecule has 0 aromatic rings. The molecule has 1 aliphatic heterocycles. The molecule has 0 amide bonds. The van der Waals surface area contributed by atoms with Crippen LogP contribution in [0.3, 0.4) is 0 Å². The van der Waals surface area contributed by atoms with E-state index in [4.69, 9.17) is 10.6 Å². The normalized spacial score (nSPS) is 23.2. The average molecular weight is 214 g/mol. The summed E-state index contributed by atoms with van der Waals surface area (Å²) in [5.74, 6) is 6.31. The third-order valence-corrected chi connectivity index (χ3v) is 3.28. The van der Waals surface area contributed by atoms with E-state index >= 15 is 0 Å². The first-order valence-electron chi connectivity index (χ1n) is 6.40. The second kappa shape index (κ2) is 8.08. The van der Waals surface area contributed by atoms with Crippen molar-refractivity contribution in [1.82, 2.24) is 5.43 Å². The van der Waals surface area contributed by atoms with Gasteiger partial charge in [0.2, 0.25) is 0 Å². The minimum Gasteiger partial charge on any atom is -0.381 e. The van der Waals surface area contributed by atoms with Crippen molar-refractivity contribution in [2.75, 3.05) is 13.2 Å². The zero-order valence-electron chi connectivity index (χ0n) is 10.0. The van der Waals surface area contributed by atoms with Gasteiger partial charge < -0.3 is 4.74 Å². The number of hydrazine groups is 1. The molecular formula is C12H26N2O. The van der Waals surface area contributed by atoms with Crippen LogP contribution in [0.2, 0.25) is 0 Å². The molecule has 0 saturated carbocycles. The van der Waals surface area contributed by atoms with E-state index in [0.717, 1.165) is 19.1 Å². The van der Waals surface area contributed by atoms with Gasteiger partial charge in [-0.1, -0.05) is 32.6 Å². The van der Waals surface area contributed by atoms with Gasteiger partial charge in [0.1, 0.15) is 0 Å². The first kappa shape index (κ1) is 12.9. The Morgan fingerprint density at radius 3 is 2.87 bits per heavy atom. The fourth-order valence-corrected chi connectivity index (χ4v) is 2.26. The fraction of sp³-hybridized carbons (Fsp3) is 1.00. The van der Waals surface area contributed by atoms with Crippen molar-refractivity contribution in [3.05, 3.63) is 0 Å². The van der Waals surface area contributed by atoms with E-state index in [1.165, 1.54) is 44.9 Å². The first-order chi connectivity index (χ1) is 7.36. The summed E-state index contributed by atoms with van der Waals surface area (Å²) in [5.41, 5.74) is 2.95. The van der Waals surface area contributed by atoms with Gasteiger partial charge in [0.15, 0.2) is 0 Å². The van der Waals surface area contributed by atoms with E-state index in [-0.39, 0.29) is 0 Å². The number of nitrogens with one attached hydrogen (secondary N) is 1. The van der Waals surface area contributed by atoms with E-state index in [1.807, 2.05) is 0 Å². The zero-order valence-corrected chi connectivity index (χ0v) is 10.0. The Hall–Kier alpha value is -0.120. The standard InChI is InChI=1S/C12H26N2O/c1-2-3-4-5-6-12(14-13)9-11-7-8-15-10-11/h11-12,14H,2-10,13H2,1H3. The smallest absolute Gasteiger partial charge is 0.0495 e. The summed E-state index contributed by atoms with van der Waals surface area (Å²) >= 11 is 0. The van der Waals surface area contributed by atoms with Gasteiger partial charge in [-0.25, -0.2) is 0 Å². The molecule has 0 aliphatic carbocycles. The molecule has 1 heterocycles. The summed E-state index contributed by atoms with van der Waals surface area (Å²) in [5, 5.41) is 0. The molecule has 0 aromatic carbocycles. The maximum atomic E-state index is 5.57. The molecule has 0 aromatic heterocycles. The lowest BCUT2D eigenvalue weighted by Gasteiger charge is -2.18. The van der Waals surface area contributed by atoms with Gasteiger partial charge in [-0.2, -0.15) is 0 Å². The molecule has 0 bridgehead atoms. The second-order valence-corrected chi connectivity index (χ2v) is 4.68. The Bertz CT molecular complexity index is 147. The number of ether oxygens (including phenoxy) is 1. The third-order valence-electron chi connectivity index (χ3n) is 3.28. The van der Waals surface area contributed by atoms with Gasteiger partial charge in [-0.15, -0.1) is 0 Å². The van der Waals surface area contributed by atoms with Crippen LogP contribution in [-0.2, 0) is 4.74 Å². The number of hydrogen-bond acceptors (Lipinski definition) is 3. The molecule has 0 spiro atoms. The minimum absolute atomic E-state index is 0.494. The van der Waals surface area contributed by atoms with Crippen LogP contribution >= 0.6 is 0 Å². The van der Waals surface area contributed by atoms with Gasteiger partial charge in [-0.3, -0.25) is 11.3 Å². The number of hydrogen-bond donors (Lipinski definition) is 2. The van der Waals surface area contributed by atoms with E-state index < -0.39 is 0 Å². The molecular weight excluding hydrogens is 188 g/mol. The molecule has 2 unspecified atom stereocenters. The molecule has 1 fully saturated rings. The Labute approximate surface area is 93.7 Å². The minimum atomic E-state index is 0.494. The summed E-state index contributed by atoms with van der Waals surface area (Å²) in [6.07, 6.45) is 8.91. The summed E-state index contributed by atoms with van der Waals surface area (Å²) < 4.78 is 5.38. The largest absolute Gasteiger partial charge is 0.381 e. The molecule has 3 nitrogen and oxygen atoms in total. The van der Waals surface area contributed by atoms with E-state index in [9.17, 15) is 0 Å². The van der Waals surface area contributed by atoms with Crippen LogP contribution in [0.25, 0.3) is 0 Å². The molecule has 15 heavy (non-hydrogen) atoms. The predicted molar refractivity (Wildman–Crippen MR) is 63.4 cm³/mol. The first-order valence-corrected chi connectivity index (χ1v) is 6.40. The van der Waals surface area contributed by atoms with Crippen LogP contribution in [0.1, 0.15) is 51.9 Å². The highest BCUT2D eigenvalue weighted by Gasteiger charge is 2.19. The van der Waals surface area contributed by atoms with Crippen molar-refractivity contribution in [3.63, 3.8) is 0 Å². The lowest BCUT2D eigenvalue weighted by molar-refractivity contribution is 0.180. The van der Waals surface area contributed by atoms with E-state index in [0.29, 0.717) is 6.04 Å². The Morgan fingerprint density at radius 1 is 1.40 bits per heavy atom. The van der Waals surface area contributed by atoms with E-state index in [1.54, 1.807) is 0 Å². The van der Waals surface area contributed by atoms with E-state index in [2.05, 4.69) is 12.3 Å². The summed E-state index contributed by atoms with van der Waals surface area (Å²) in [6.45, 7) is 4.12. The van der Waals surface area contributed by atoms with Crippen LogP contribution in [0.4, 0.5) is 0 Å². The van der Waals surface area contributed by atoms with Crippen LogP contribution in [0, 0.1) is 5.92 Å². The second-order valence-electron chi connectivity index (χ2n) is 4.68. The Morgan fingerprint density at radius 2 is 2.27 bits per heavy atom. The Balaban J connectivity index is 2.06. The van der Waals surface area contributed by atoms with Crippen molar-refractivity contribution < 1.29 is 4.74 Å². The van der Waals surface area contributed by atoms with Crippen LogP contribution in [0.15, 0.2) is 0 Å². The van der Waals surface area contributed by atoms with Gasteiger partial charge in [0.25, 0.3) is 0 Å². The third kappa shape index (κ3) is 5.50. The SMILES string of the molecule is CCCCCCC(CC1CCOC1)NN. The number of unbranched alkanes of at least 4 members (excludes halogenated alkanes) is 3. The quantitative estimate of drug-likeness (QED) is 0.370. The van der Waals surface area contributed by atoms with Crippen LogP contribution in [0.5, 0.6) is 0 Å². The van der Waals surface area contributed by atoms with Crippen molar-refractivity contribution >= 4 is 0 Å². The van der Waals surface area contributed by atoms with Crippen molar-refractivity contribution in [2.24, 2.45) is 11.8 Å². The van der Waals surface area contributed by atoms with Crippen LogP contribution < -0.4 is 11.3 Å². The highest BCUT2D eigenvalue weighted by molar-refractivity contribution is 4.72. The molecule has 1 rings (SSSR count). The van der Waals surface area contributed by atoms with Gasteiger partial charge in [0.05, 0.1) is 0 Å². The van der Waals surface area contributed by atoms with Gasteiger partial charge >= 0.3 is 0 Å². The van der Waals surface area contributed by atoms with Crippen molar-refractivity contribution in [2.45, 2.75) is 57.9 Å². The molecule has 0 radical (unpaired) electrons. The predicted octanol–water partition coefficient (Wildman–Crippen LogP) is 2.22. The lowest BCUT2D eigenvalue weighted by Crippen LogP contribution is -2.36. The Kier molecular flexibility index (Phi) is 6.98. The van der Waals surface area contributed by atoms with Gasteiger partial charge in [-0.05, 0) is 25.2 Å². The molecule has 1 saturated heterocycles. The highest BCUT2D eigenvalue weighted by Crippen LogP contribution is 2.20. The summed E-state index contributed by atoms with van der Waals surface area (Å²) in [7, 11) is 0. The maximum absolute atomic E-state index is 5.57. The summed E-state index contributed by atoms with van der Waals surface area (Å²) in [4.78, 5) is 0. The highest BCUT2D eigenvalue weighted by atomic mass is 16.5. The molecule has 90 valence electrons. The molecule has 3 N–H and O–H groups in total. The molecule has 3 heteroatoms. The van der Waals surface area contributed by atoms with Crippen LogP contribution in [-0.4, -0.2) is 19.3 Å². The zero-order chi connectivity index (χ0) is 10.9. The van der Waals surface area contributed by atoms with Crippen molar-refractivity contribution in [3.8, 4) is 0 Å². The number of rotatable bonds is 8.